The Hall–Kier alpha value is -5.23. The number of fused-ring (bicyclic) bond motifs is 2. The summed E-state index contributed by atoms with van der Waals surface area (Å²) in [6.07, 6.45) is 13.6. The first kappa shape index (κ1) is 35.2. The SMILES string of the molecule is CC(C)(C)c1cc(-n2[c-][n+]3c(C(C)(C)n4cc(-c5cc(-c6ccccc6C(C)(C)C)ccn5)c5ccncc54)ccc-3cc2)c(O)c(C(C)(C)C)c1. The molecule has 0 radical (unpaired) electrons. The van der Waals surface area contributed by atoms with Gasteiger partial charge in [0.05, 0.1) is 34.3 Å². The minimum absolute atomic E-state index is 0.00388. The molecule has 0 bridgehead atoms. The van der Waals surface area contributed by atoms with Gasteiger partial charge in [-0.25, -0.2) is 0 Å². The van der Waals surface area contributed by atoms with E-state index < -0.39 is 5.54 Å². The van der Waals surface area contributed by atoms with Crippen LogP contribution in [0.2, 0.25) is 0 Å². The molecule has 0 spiro atoms. The summed E-state index contributed by atoms with van der Waals surface area (Å²) in [5, 5.41) is 12.8. The van der Waals surface area contributed by atoms with Gasteiger partial charge in [0, 0.05) is 35.7 Å². The molecule has 2 aromatic carbocycles. The second-order valence-electron chi connectivity index (χ2n) is 17.7. The summed E-state index contributed by atoms with van der Waals surface area (Å²) in [7, 11) is 0. The van der Waals surface area contributed by atoms with Crippen LogP contribution in [0, 0.1) is 6.33 Å². The van der Waals surface area contributed by atoms with E-state index in [1.165, 1.54) is 11.1 Å². The van der Waals surface area contributed by atoms with Crippen LogP contribution in [0.3, 0.4) is 0 Å². The number of hydrogen-bond acceptors (Lipinski definition) is 3. The summed E-state index contributed by atoms with van der Waals surface area (Å²) in [6.45, 7) is 24.3. The molecular weight excluding hydrogens is 639 g/mol. The van der Waals surface area contributed by atoms with Crippen LogP contribution >= 0.6 is 0 Å². The molecule has 0 unspecified atom stereocenters. The van der Waals surface area contributed by atoms with Gasteiger partial charge in [0.1, 0.15) is 11.4 Å². The van der Waals surface area contributed by atoms with Crippen molar-refractivity contribution in [3.63, 3.8) is 0 Å². The summed E-state index contributed by atoms with van der Waals surface area (Å²) in [6, 6.07) is 25.7. The molecule has 0 amide bonds. The number of benzene rings is 2. The van der Waals surface area contributed by atoms with Crippen molar-refractivity contribution in [2.24, 2.45) is 0 Å². The van der Waals surface area contributed by atoms with E-state index in [-0.39, 0.29) is 22.0 Å². The van der Waals surface area contributed by atoms with Crippen molar-refractivity contribution >= 4 is 10.9 Å². The maximum Gasteiger partial charge on any atom is 0.270 e. The van der Waals surface area contributed by atoms with Crippen molar-refractivity contribution < 1.29 is 9.67 Å². The Morgan fingerprint density at radius 1 is 0.712 bits per heavy atom. The fraction of sp³-hybridized carbons (Fsp3) is 0.326. The van der Waals surface area contributed by atoms with E-state index in [1.54, 1.807) is 0 Å². The average Bonchev–Trinajstić information content (AvgIpc) is 3.70. The number of phenols is 1. The van der Waals surface area contributed by atoms with Crippen LogP contribution in [0.1, 0.15) is 98.5 Å². The zero-order valence-corrected chi connectivity index (χ0v) is 32.5. The molecule has 0 aliphatic carbocycles. The number of nitrogens with zero attached hydrogens (tertiary/aromatic N) is 5. The largest absolute Gasteiger partial charge is 0.511 e. The lowest BCUT2D eigenvalue weighted by Gasteiger charge is -2.30. The first-order valence-electron chi connectivity index (χ1n) is 18.2. The topological polar surface area (TPSA) is 59.8 Å². The third-order valence-corrected chi connectivity index (χ3v) is 10.5. The summed E-state index contributed by atoms with van der Waals surface area (Å²) < 4.78 is 6.35. The number of phenolic OH excluding ortho intramolecular Hbond substituents is 1. The number of pyridine rings is 2. The Bertz CT molecular complexity index is 2400. The van der Waals surface area contributed by atoms with Crippen LogP contribution in [0.5, 0.6) is 5.75 Å². The van der Waals surface area contributed by atoms with Gasteiger partial charge in [0.15, 0.2) is 0 Å². The van der Waals surface area contributed by atoms with Crippen LogP contribution < -0.4 is 4.57 Å². The molecule has 6 nitrogen and oxygen atoms in total. The molecule has 5 heterocycles. The van der Waals surface area contributed by atoms with Gasteiger partial charge in [-0.2, -0.15) is 0 Å². The van der Waals surface area contributed by atoms with Crippen LogP contribution in [0.25, 0.3) is 44.7 Å². The fourth-order valence-electron chi connectivity index (χ4n) is 7.40. The van der Waals surface area contributed by atoms with Gasteiger partial charge in [-0.05, 0) is 88.2 Å². The molecule has 0 fully saturated rings. The highest BCUT2D eigenvalue weighted by Gasteiger charge is 2.32. The first-order valence-corrected chi connectivity index (χ1v) is 18.2. The molecule has 0 saturated heterocycles. The van der Waals surface area contributed by atoms with Gasteiger partial charge in [-0.15, -0.1) is 0 Å². The van der Waals surface area contributed by atoms with E-state index in [4.69, 9.17) is 4.98 Å². The van der Waals surface area contributed by atoms with Crippen LogP contribution in [0.15, 0.2) is 104 Å². The molecule has 7 rings (SSSR count). The number of aromatic nitrogens is 5. The molecular formula is C46H51N5O. The number of hydrogen-bond donors (Lipinski definition) is 1. The van der Waals surface area contributed by atoms with E-state index in [2.05, 4.69) is 176 Å². The highest BCUT2D eigenvalue weighted by Crippen LogP contribution is 2.41. The van der Waals surface area contributed by atoms with E-state index in [1.807, 2.05) is 29.4 Å². The minimum Gasteiger partial charge on any atom is -0.511 e. The Morgan fingerprint density at radius 3 is 2.15 bits per heavy atom. The Balaban J connectivity index is 1.37. The highest BCUT2D eigenvalue weighted by molar-refractivity contribution is 5.95. The Labute approximate surface area is 308 Å². The van der Waals surface area contributed by atoms with Crippen molar-refractivity contribution in [1.82, 2.24) is 19.1 Å². The zero-order chi connectivity index (χ0) is 37.4. The highest BCUT2D eigenvalue weighted by atomic mass is 16.3. The van der Waals surface area contributed by atoms with Crippen molar-refractivity contribution in [2.75, 3.05) is 0 Å². The van der Waals surface area contributed by atoms with E-state index in [9.17, 15) is 5.11 Å². The van der Waals surface area contributed by atoms with Gasteiger partial charge in [0.2, 0.25) is 0 Å². The van der Waals surface area contributed by atoms with Crippen molar-refractivity contribution in [1.29, 1.82) is 0 Å². The quantitative estimate of drug-likeness (QED) is 0.145. The fourth-order valence-corrected chi connectivity index (χ4v) is 7.40. The van der Waals surface area contributed by atoms with E-state index >= 15 is 0 Å². The van der Waals surface area contributed by atoms with Crippen molar-refractivity contribution in [3.8, 4) is 39.5 Å². The standard InChI is InChI=1S/C46H51N5O/c1-43(2,3)31-25-37(45(7,8)9)42(52)39(26-31)49-23-20-32-16-17-41(50(32)29-49)46(10,11)51-28-35(34-19-21-47-27-40(34)51)38-24-30(18-22-48-38)33-14-12-13-15-36(33)44(4,5)6/h12-28,52H,1-11H3. The van der Waals surface area contributed by atoms with Gasteiger partial charge < -0.3 is 9.67 Å². The Morgan fingerprint density at radius 2 is 1.44 bits per heavy atom. The van der Waals surface area contributed by atoms with Crippen LogP contribution in [-0.4, -0.2) is 24.2 Å². The summed E-state index contributed by atoms with van der Waals surface area (Å²) in [5.74, 6) is 0.279. The first-order chi connectivity index (χ1) is 24.4. The third-order valence-electron chi connectivity index (χ3n) is 10.5. The molecule has 6 heteroatoms. The van der Waals surface area contributed by atoms with E-state index in [0.717, 1.165) is 50.2 Å². The summed E-state index contributed by atoms with van der Waals surface area (Å²) in [5.41, 5.74) is 10.7. The smallest absolute Gasteiger partial charge is 0.270 e. The molecule has 266 valence electrons. The monoisotopic (exact) mass is 689 g/mol. The minimum atomic E-state index is -0.524. The van der Waals surface area contributed by atoms with Crippen LogP contribution in [-0.2, 0) is 21.8 Å². The van der Waals surface area contributed by atoms with Gasteiger partial charge >= 0.3 is 0 Å². The molecule has 1 N–H and O–H groups in total. The molecule has 2 aliphatic heterocycles. The second kappa shape index (κ2) is 12.2. The molecule has 0 atom stereocenters. The van der Waals surface area contributed by atoms with Gasteiger partial charge in [0.25, 0.3) is 6.33 Å². The summed E-state index contributed by atoms with van der Waals surface area (Å²) in [4.78, 5) is 9.49. The molecule has 3 aromatic heterocycles. The number of aromatic hydroxyl groups is 1. The lowest BCUT2D eigenvalue weighted by atomic mass is 9.79. The predicted molar refractivity (Wildman–Crippen MR) is 212 cm³/mol. The van der Waals surface area contributed by atoms with Gasteiger partial charge in [-0.1, -0.05) is 105 Å². The molecule has 52 heavy (non-hydrogen) atoms. The molecule has 0 saturated carbocycles. The average molecular weight is 690 g/mol. The lowest BCUT2D eigenvalue weighted by Crippen LogP contribution is -2.44. The van der Waals surface area contributed by atoms with Crippen LogP contribution in [0.4, 0.5) is 0 Å². The molecule has 2 aliphatic rings. The van der Waals surface area contributed by atoms with Crippen molar-refractivity contribution in [3.05, 3.63) is 132 Å². The lowest BCUT2D eigenvalue weighted by molar-refractivity contribution is -0.614. The maximum absolute atomic E-state index is 11.7. The molecule has 5 aromatic rings. The van der Waals surface area contributed by atoms with Crippen molar-refractivity contribution in [2.45, 2.75) is 97.9 Å². The summed E-state index contributed by atoms with van der Waals surface area (Å²) >= 11 is 0. The van der Waals surface area contributed by atoms with Gasteiger partial charge in [-0.3, -0.25) is 19.1 Å². The Kier molecular flexibility index (Phi) is 8.24. The maximum atomic E-state index is 11.7. The third kappa shape index (κ3) is 6.08. The van der Waals surface area contributed by atoms with E-state index in [0.29, 0.717) is 5.69 Å². The normalized spacial score (nSPS) is 13.0. The zero-order valence-electron chi connectivity index (χ0n) is 32.5. The second-order valence-corrected chi connectivity index (χ2v) is 17.7. The number of rotatable bonds is 5. The predicted octanol–water partition coefficient (Wildman–Crippen LogP) is 10.5.